The summed E-state index contributed by atoms with van der Waals surface area (Å²) in [4.78, 5) is 0. The van der Waals surface area contributed by atoms with Gasteiger partial charge in [0, 0.05) is 43.7 Å². The average molecular weight is 726 g/mol. The molecule has 3 heteroatoms. The van der Waals surface area contributed by atoms with E-state index in [9.17, 15) is 0 Å². The molecule has 266 valence electrons. The van der Waals surface area contributed by atoms with Gasteiger partial charge in [-0.25, -0.2) is 0 Å². The number of hydrogen-bond donors (Lipinski definition) is 0. The average Bonchev–Trinajstić information content (AvgIpc) is 3.93. The molecule has 0 atom stereocenters. The van der Waals surface area contributed by atoms with Crippen molar-refractivity contribution in [1.82, 2.24) is 13.7 Å². The van der Waals surface area contributed by atoms with Crippen LogP contribution < -0.4 is 0 Å². The van der Waals surface area contributed by atoms with Crippen molar-refractivity contribution in [2.75, 3.05) is 0 Å². The van der Waals surface area contributed by atoms with Crippen LogP contribution >= 0.6 is 0 Å². The highest BCUT2D eigenvalue weighted by atomic mass is 15.1. The molecule has 0 spiro atoms. The molecule has 0 fully saturated rings. The van der Waals surface area contributed by atoms with E-state index in [4.69, 9.17) is 0 Å². The second kappa shape index (κ2) is 12.5. The number of aromatic nitrogens is 3. The van der Waals surface area contributed by atoms with Gasteiger partial charge in [-0.05, 0) is 89.0 Å². The molecule has 0 aliphatic carbocycles. The molecule has 12 rings (SSSR count). The lowest BCUT2D eigenvalue weighted by Gasteiger charge is -2.15. The zero-order valence-electron chi connectivity index (χ0n) is 31.0. The van der Waals surface area contributed by atoms with Crippen molar-refractivity contribution >= 4 is 65.4 Å². The number of nitrogens with zero attached hydrogens (tertiary/aromatic N) is 3. The molecule has 0 unspecified atom stereocenters. The van der Waals surface area contributed by atoms with E-state index in [0.29, 0.717) is 0 Å². The Balaban J connectivity index is 1.14. The van der Waals surface area contributed by atoms with Gasteiger partial charge in [0.15, 0.2) is 0 Å². The predicted octanol–water partition coefficient (Wildman–Crippen LogP) is 14.3. The van der Waals surface area contributed by atoms with Crippen LogP contribution in [0.3, 0.4) is 0 Å². The standard InChI is InChI=1S/C54H35N3/c1-3-16-36(17-4-1)38-32-39(37-18-5-2-6-19-37)34-41(33-38)55-48-25-11-10-23-45(48)47-35-40(30-31-52(47)55)56-49-26-12-9-22-44(49)46-24-15-29-53(54(46)56)57-50-27-13-7-20-42(50)43-21-8-14-28-51(43)57/h1-35H. The third-order valence-electron chi connectivity index (χ3n) is 11.8. The number of benzene rings is 9. The van der Waals surface area contributed by atoms with E-state index in [2.05, 4.69) is 226 Å². The molecular formula is C54H35N3. The lowest BCUT2D eigenvalue weighted by atomic mass is 9.98. The summed E-state index contributed by atoms with van der Waals surface area (Å²) in [5.74, 6) is 0. The predicted molar refractivity (Wildman–Crippen MR) is 240 cm³/mol. The molecule has 0 N–H and O–H groups in total. The second-order valence-electron chi connectivity index (χ2n) is 15.0. The SMILES string of the molecule is c1ccc(-c2cc(-c3ccccc3)cc(-n3c4ccccc4c4cc(-n5c6ccccc6c6cccc(-n7c8ccccc8c8ccccc87)c65)ccc43)c2)cc1. The van der Waals surface area contributed by atoms with E-state index in [1.165, 1.54) is 87.7 Å². The van der Waals surface area contributed by atoms with Crippen LogP contribution in [0.5, 0.6) is 0 Å². The van der Waals surface area contributed by atoms with E-state index in [1.807, 2.05) is 0 Å². The van der Waals surface area contributed by atoms with E-state index in [0.717, 1.165) is 17.1 Å². The van der Waals surface area contributed by atoms with E-state index < -0.39 is 0 Å². The van der Waals surface area contributed by atoms with Crippen LogP contribution in [0.1, 0.15) is 0 Å². The van der Waals surface area contributed by atoms with Crippen molar-refractivity contribution < 1.29 is 0 Å². The van der Waals surface area contributed by atoms with Gasteiger partial charge >= 0.3 is 0 Å². The lowest BCUT2D eigenvalue weighted by molar-refractivity contribution is 1.13. The van der Waals surface area contributed by atoms with Gasteiger partial charge in [-0.2, -0.15) is 0 Å². The maximum atomic E-state index is 2.48. The highest BCUT2D eigenvalue weighted by Crippen LogP contribution is 2.42. The van der Waals surface area contributed by atoms with Crippen LogP contribution in [0, 0.1) is 0 Å². The van der Waals surface area contributed by atoms with Crippen molar-refractivity contribution in [2.45, 2.75) is 0 Å². The molecule has 0 aliphatic heterocycles. The third kappa shape index (κ3) is 4.79. The summed E-state index contributed by atoms with van der Waals surface area (Å²) in [5.41, 5.74) is 15.4. The fraction of sp³-hybridized carbons (Fsp3) is 0. The minimum absolute atomic E-state index is 1.13. The van der Waals surface area contributed by atoms with Crippen molar-refractivity contribution in [3.63, 3.8) is 0 Å². The minimum atomic E-state index is 1.13. The van der Waals surface area contributed by atoms with Gasteiger partial charge in [0.25, 0.3) is 0 Å². The maximum Gasteiger partial charge on any atom is 0.0782 e. The maximum absolute atomic E-state index is 2.48. The minimum Gasteiger partial charge on any atom is -0.309 e. The molecule has 0 radical (unpaired) electrons. The van der Waals surface area contributed by atoms with Gasteiger partial charge < -0.3 is 13.7 Å². The summed E-state index contributed by atoms with van der Waals surface area (Å²) in [6.07, 6.45) is 0. The first-order chi connectivity index (χ1) is 28.3. The fourth-order valence-electron chi connectivity index (χ4n) is 9.34. The Morgan fingerprint density at radius 3 is 1.25 bits per heavy atom. The van der Waals surface area contributed by atoms with Gasteiger partial charge in [-0.15, -0.1) is 0 Å². The Bertz CT molecular complexity index is 3400. The van der Waals surface area contributed by atoms with Crippen LogP contribution in [0.4, 0.5) is 0 Å². The van der Waals surface area contributed by atoms with Crippen LogP contribution in [-0.4, -0.2) is 13.7 Å². The molecule has 0 bridgehead atoms. The summed E-state index contributed by atoms with van der Waals surface area (Å²) in [5, 5.41) is 7.43. The normalized spacial score (nSPS) is 11.9. The van der Waals surface area contributed by atoms with E-state index in [-0.39, 0.29) is 0 Å². The summed E-state index contributed by atoms with van der Waals surface area (Å²) in [6, 6.07) is 77.5. The summed E-state index contributed by atoms with van der Waals surface area (Å²) >= 11 is 0. The topological polar surface area (TPSA) is 14.8 Å². The van der Waals surface area contributed by atoms with Gasteiger partial charge in [0.05, 0.1) is 38.8 Å². The second-order valence-corrected chi connectivity index (χ2v) is 15.0. The van der Waals surface area contributed by atoms with E-state index >= 15 is 0 Å². The van der Waals surface area contributed by atoms with Crippen LogP contribution in [0.2, 0.25) is 0 Å². The van der Waals surface area contributed by atoms with Crippen molar-refractivity contribution in [3.8, 4) is 39.3 Å². The number of hydrogen-bond acceptors (Lipinski definition) is 0. The molecule has 0 saturated heterocycles. The van der Waals surface area contributed by atoms with Crippen LogP contribution in [-0.2, 0) is 0 Å². The molecule has 0 saturated carbocycles. The Morgan fingerprint density at radius 1 is 0.228 bits per heavy atom. The smallest absolute Gasteiger partial charge is 0.0782 e. The highest BCUT2D eigenvalue weighted by Gasteiger charge is 2.21. The quantitative estimate of drug-likeness (QED) is 0.168. The van der Waals surface area contributed by atoms with Crippen LogP contribution in [0.15, 0.2) is 212 Å². The Labute approximate surface area is 329 Å². The Hall–Kier alpha value is -7.62. The third-order valence-corrected chi connectivity index (χ3v) is 11.8. The van der Waals surface area contributed by atoms with Crippen molar-refractivity contribution in [2.24, 2.45) is 0 Å². The first-order valence-electron chi connectivity index (χ1n) is 19.6. The van der Waals surface area contributed by atoms with Gasteiger partial charge in [-0.3, -0.25) is 0 Å². The zero-order chi connectivity index (χ0) is 37.5. The van der Waals surface area contributed by atoms with Crippen molar-refractivity contribution in [3.05, 3.63) is 212 Å². The Morgan fingerprint density at radius 2 is 0.667 bits per heavy atom. The molecule has 3 nitrogen and oxygen atoms in total. The summed E-state index contributed by atoms with van der Waals surface area (Å²) in [7, 11) is 0. The summed E-state index contributed by atoms with van der Waals surface area (Å²) in [6.45, 7) is 0. The van der Waals surface area contributed by atoms with Crippen molar-refractivity contribution in [1.29, 1.82) is 0 Å². The van der Waals surface area contributed by atoms with Gasteiger partial charge in [0.2, 0.25) is 0 Å². The monoisotopic (exact) mass is 725 g/mol. The molecule has 57 heavy (non-hydrogen) atoms. The molecular weight excluding hydrogens is 691 g/mol. The number of para-hydroxylation sites is 5. The number of rotatable bonds is 5. The molecule has 3 aromatic heterocycles. The molecule has 9 aromatic carbocycles. The van der Waals surface area contributed by atoms with E-state index in [1.54, 1.807) is 0 Å². The van der Waals surface area contributed by atoms with Crippen LogP contribution in [0.25, 0.3) is 105 Å². The highest BCUT2D eigenvalue weighted by molar-refractivity contribution is 6.16. The molecule has 3 heterocycles. The van der Waals surface area contributed by atoms with Gasteiger partial charge in [0.1, 0.15) is 0 Å². The molecule has 0 amide bonds. The lowest BCUT2D eigenvalue weighted by Crippen LogP contribution is -2.01. The fourth-order valence-corrected chi connectivity index (χ4v) is 9.34. The number of fused-ring (bicyclic) bond motifs is 9. The largest absolute Gasteiger partial charge is 0.309 e. The molecule has 12 aromatic rings. The van der Waals surface area contributed by atoms with Gasteiger partial charge in [-0.1, -0.05) is 146 Å². The first kappa shape index (κ1) is 31.7. The Kier molecular flexibility index (Phi) is 6.93. The molecule has 0 aliphatic rings. The summed E-state index contributed by atoms with van der Waals surface area (Å²) < 4.78 is 7.39. The first-order valence-corrected chi connectivity index (χ1v) is 19.6. The zero-order valence-corrected chi connectivity index (χ0v) is 31.0.